The summed E-state index contributed by atoms with van der Waals surface area (Å²) < 4.78 is 0. The van der Waals surface area contributed by atoms with Crippen molar-refractivity contribution in [2.45, 2.75) is 51.9 Å². The standard InChI is InChI=1S/C17H25N3O2S/c1-3-11(2)16(22)20-8-4-5-13(9-20)15(21)19-17-18-14(10-23-17)12-6-7-12/h10-13H,3-9H2,1-2H3,(H,18,19,21)/t11-,13+/m0/s1. The number of nitrogens with zero attached hydrogens (tertiary/aromatic N) is 2. The summed E-state index contributed by atoms with van der Waals surface area (Å²) in [4.78, 5) is 31.2. The van der Waals surface area contributed by atoms with Gasteiger partial charge in [-0.3, -0.25) is 9.59 Å². The van der Waals surface area contributed by atoms with E-state index in [1.54, 1.807) is 0 Å². The molecule has 0 radical (unpaired) electrons. The largest absolute Gasteiger partial charge is 0.342 e. The molecule has 2 aliphatic rings. The van der Waals surface area contributed by atoms with Crippen LogP contribution in [0.5, 0.6) is 0 Å². The van der Waals surface area contributed by atoms with Crippen molar-refractivity contribution in [2.75, 3.05) is 18.4 Å². The van der Waals surface area contributed by atoms with Gasteiger partial charge >= 0.3 is 0 Å². The highest BCUT2D eigenvalue weighted by Gasteiger charge is 2.31. The molecule has 1 saturated heterocycles. The molecule has 1 aromatic heterocycles. The molecule has 5 nitrogen and oxygen atoms in total. The fourth-order valence-electron chi connectivity index (χ4n) is 3.00. The van der Waals surface area contributed by atoms with Crippen LogP contribution in [0.15, 0.2) is 5.38 Å². The highest BCUT2D eigenvalue weighted by Crippen LogP contribution is 2.40. The summed E-state index contributed by atoms with van der Waals surface area (Å²) in [5.74, 6) is 0.704. The maximum absolute atomic E-state index is 12.5. The molecule has 0 aromatic carbocycles. The predicted octanol–water partition coefficient (Wildman–Crippen LogP) is 3.24. The monoisotopic (exact) mass is 335 g/mol. The molecule has 1 aliphatic heterocycles. The molecule has 126 valence electrons. The van der Waals surface area contributed by atoms with Crippen LogP contribution >= 0.6 is 11.3 Å². The van der Waals surface area contributed by atoms with Gasteiger partial charge in [-0.1, -0.05) is 13.8 Å². The van der Waals surface area contributed by atoms with Crippen molar-refractivity contribution in [3.05, 3.63) is 11.1 Å². The Hall–Kier alpha value is -1.43. The molecule has 6 heteroatoms. The quantitative estimate of drug-likeness (QED) is 0.898. The van der Waals surface area contributed by atoms with E-state index in [9.17, 15) is 9.59 Å². The number of rotatable bonds is 5. The van der Waals surface area contributed by atoms with Crippen LogP contribution in [0.25, 0.3) is 0 Å². The lowest BCUT2D eigenvalue weighted by atomic mass is 9.95. The second kappa shape index (κ2) is 6.99. The number of hydrogen-bond acceptors (Lipinski definition) is 4. The van der Waals surface area contributed by atoms with E-state index in [1.165, 1.54) is 24.2 Å². The maximum Gasteiger partial charge on any atom is 0.231 e. The third kappa shape index (κ3) is 3.91. The number of amides is 2. The van der Waals surface area contributed by atoms with Crippen molar-refractivity contribution < 1.29 is 9.59 Å². The second-order valence-corrected chi connectivity index (χ2v) is 7.63. The Morgan fingerprint density at radius 1 is 1.43 bits per heavy atom. The zero-order chi connectivity index (χ0) is 16.4. The van der Waals surface area contributed by atoms with Crippen molar-refractivity contribution in [3.63, 3.8) is 0 Å². The van der Waals surface area contributed by atoms with Gasteiger partial charge in [0, 0.05) is 30.3 Å². The van der Waals surface area contributed by atoms with E-state index in [0.717, 1.165) is 31.5 Å². The molecule has 0 bridgehead atoms. The van der Waals surface area contributed by atoms with Crippen LogP contribution < -0.4 is 5.32 Å². The van der Waals surface area contributed by atoms with Gasteiger partial charge in [0.2, 0.25) is 11.8 Å². The highest BCUT2D eigenvalue weighted by atomic mass is 32.1. The van der Waals surface area contributed by atoms with Crippen LogP contribution in [0.2, 0.25) is 0 Å². The highest BCUT2D eigenvalue weighted by molar-refractivity contribution is 7.13. The normalized spacial score (nSPS) is 22.7. The van der Waals surface area contributed by atoms with Crippen LogP contribution in [0.3, 0.4) is 0 Å². The summed E-state index contributed by atoms with van der Waals surface area (Å²) in [6.07, 6.45) is 5.01. The number of thiazole rings is 1. The summed E-state index contributed by atoms with van der Waals surface area (Å²) >= 11 is 1.50. The summed E-state index contributed by atoms with van der Waals surface area (Å²) in [5, 5.41) is 5.69. The summed E-state index contributed by atoms with van der Waals surface area (Å²) in [6.45, 7) is 5.30. The molecular formula is C17H25N3O2S. The molecule has 0 spiro atoms. The van der Waals surface area contributed by atoms with Crippen LogP contribution in [0, 0.1) is 11.8 Å². The van der Waals surface area contributed by atoms with Crippen LogP contribution in [-0.4, -0.2) is 34.8 Å². The summed E-state index contributed by atoms with van der Waals surface area (Å²) in [7, 11) is 0. The van der Waals surface area contributed by atoms with E-state index in [1.807, 2.05) is 24.1 Å². The van der Waals surface area contributed by atoms with Crippen LogP contribution in [-0.2, 0) is 9.59 Å². The Morgan fingerprint density at radius 2 is 2.22 bits per heavy atom. The Kier molecular flexibility index (Phi) is 4.99. The lowest BCUT2D eigenvalue weighted by Gasteiger charge is -2.33. The minimum Gasteiger partial charge on any atom is -0.342 e. The number of nitrogens with one attached hydrogen (secondary N) is 1. The van der Waals surface area contributed by atoms with Gasteiger partial charge < -0.3 is 10.2 Å². The fourth-order valence-corrected chi connectivity index (χ4v) is 3.79. The number of carbonyl (C=O) groups is 2. The molecule has 2 amide bonds. The first-order valence-electron chi connectivity index (χ1n) is 8.63. The Balaban J connectivity index is 1.56. The minimum absolute atomic E-state index is 0.00310. The van der Waals surface area contributed by atoms with Crippen molar-refractivity contribution in [3.8, 4) is 0 Å². The predicted molar refractivity (Wildman–Crippen MR) is 91.5 cm³/mol. The van der Waals surface area contributed by atoms with Gasteiger partial charge in [0.15, 0.2) is 5.13 Å². The van der Waals surface area contributed by atoms with Crippen molar-refractivity contribution >= 4 is 28.3 Å². The number of aromatic nitrogens is 1. The van der Waals surface area contributed by atoms with Gasteiger partial charge in [0.05, 0.1) is 11.6 Å². The smallest absolute Gasteiger partial charge is 0.231 e. The average Bonchev–Trinajstić information content (AvgIpc) is 3.33. The number of carbonyl (C=O) groups excluding carboxylic acids is 2. The molecule has 23 heavy (non-hydrogen) atoms. The molecule has 2 heterocycles. The molecule has 3 rings (SSSR count). The van der Waals surface area contributed by atoms with Crippen LogP contribution in [0.1, 0.15) is 57.6 Å². The summed E-state index contributed by atoms with van der Waals surface area (Å²) in [6, 6.07) is 0. The van der Waals surface area contributed by atoms with E-state index in [4.69, 9.17) is 0 Å². The van der Waals surface area contributed by atoms with Gasteiger partial charge in [-0.2, -0.15) is 0 Å². The first-order chi connectivity index (χ1) is 11.1. The number of anilines is 1. The van der Waals surface area contributed by atoms with Gasteiger partial charge in [0.1, 0.15) is 0 Å². The summed E-state index contributed by atoms with van der Waals surface area (Å²) in [5.41, 5.74) is 1.11. The molecule has 1 saturated carbocycles. The number of hydrogen-bond donors (Lipinski definition) is 1. The van der Waals surface area contributed by atoms with Gasteiger partial charge in [0.25, 0.3) is 0 Å². The Bertz CT molecular complexity index is 582. The SMILES string of the molecule is CC[C@H](C)C(=O)N1CCC[C@@H](C(=O)Nc2nc(C3CC3)cs2)C1. The molecule has 2 atom stereocenters. The number of piperidine rings is 1. The lowest BCUT2D eigenvalue weighted by Crippen LogP contribution is -2.45. The topological polar surface area (TPSA) is 62.3 Å². The third-order valence-electron chi connectivity index (χ3n) is 4.89. The van der Waals surface area contributed by atoms with Gasteiger partial charge in [-0.05, 0) is 32.1 Å². The molecule has 1 aromatic rings. The van der Waals surface area contributed by atoms with E-state index in [0.29, 0.717) is 17.6 Å². The zero-order valence-corrected chi connectivity index (χ0v) is 14.7. The number of likely N-dealkylation sites (tertiary alicyclic amines) is 1. The van der Waals surface area contributed by atoms with Crippen molar-refractivity contribution in [1.82, 2.24) is 9.88 Å². The first kappa shape index (κ1) is 16.4. The Morgan fingerprint density at radius 3 is 2.91 bits per heavy atom. The fraction of sp³-hybridized carbons (Fsp3) is 0.706. The van der Waals surface area contributed by atoms with Gasteiger partial charge in [-0.15, -0.1) is 11.3 Å². The van der Waals surface area contributed by atoms with Crippen molar-refractivity contribution in [1.29, 1.82) is 0 Å². The van der Waals surface area contributed by atoms with Crippen LogP contribution in [0.4, 0.5) is 5.13 Å². The first-order valence-corrected chi connectivity index (χ1v) is 9.51. The average molecular weight is 335 g/mol. The van der Waals surface area contributed by atoms with E-state index in [-0.39, 0.29) is 23.7 Å². The Labute approximate surface area is 141 Å². The second-order valence-electron chi connectivity index (χ2n) is 6.77. The minimum atomic E-state index is -0.120. The van der Waals surface area contributed by atoms with E-state index >= 15 is 0 Å². The maximum atomic E-state index is 12.5. The molecule has 2 fully saturated rings. The van der Waals surface area contributed by atoms with E-state index in [2.05, 4.69) is 10.3 Å². The van der Waals surface area contributed by atoms with Gasteiger partial charge in [-0.25, -0.2) is 4.98 Å². The van der Waals surface area contributed by atoms with E-state index < -0.39 is 0 Å². The molecule has 1 aliphatic carbocycles. The third-order valence-corrected chi connectivity index (χ3v) is 5.66. The lowest BCUT2D eigenvalue weighted by molar-refractivity contribution is -0.138. The molecule has 0 unspecified atom stereocenters. The molecule has 1 N–H and O–H groups in total. The zero-order valence-electron chi connectivity index (χ0n) is 13.9. The van der Waals surface area contributed by atoms with Crippen molar-refractivity contribution in [2.24, 2.45) is 11.8 Å². The molecular weight excluding hydrogens is 310 g/mol.